The van der Waals surface area contributed by atoms with Crippen molar-refractivity contribution in [2.24, 2.45) is 0 Å². The summed E-state index contributed by atoms with van der Waals surface area (Å²) in [6.07, 6.45) is 0. The van der Waals surface area contributed by atoms with E-state index in [4.69, 9.17) is 5.73 Å². The summed E-state index contributed by atoms with van der Waals surface area (Å²) >= 11 is 1.38. The second kappa shape index (κ2) is 4.27. The van der Waals surface area contributed by atoms with Gasteiger partial charge in [-0.3, -0.25) is 0 Å². The Morgan fingerprint density at radius 1 is 1.33 bits per heavy atom. The van der Waals surface area contributed by atoms with Gasteiger partial charge in [-0.15, -0.1) is 0 Å². The van der Waals surface area contributed by atoms with Crippen LogP contribution in [0.5, 0.6) is 0 Å². The molecule has 0 unspecified atom stereocenters. The largest absolute Gasteiger partial charge is 0.399 e. The lowest BCUT2D eigenvalue weighted by Crippen LogP contribution is -1.99. The summed E-state index contributed by atoms with van der Waals surface area (Å²) in [7, 11) is 0. The topological polar surface area (TPSA) is 63.8 Å². The van der Waals surface area contributed by atoms with E-state index in [1.807, 2.05) is 31.2 Å². The number of anilines is 2. The summed E-state index contributed by atoms with van der Waals surface area (Å²) in [4.78, 5) is 4.21. The van der Waals surface area contributed by atoms with Gasteiger partial charge in [0.25, 0.3) is 0 Å². The van der Waals surface area contributed by atoms with Gasteiger partial charge in [-0.2, -0.15) is 4.37 Å². The molecule has 5 heteroatoms. The molecule has 1 aromatic heterocycles. The van der Waals surface area contributed by atoms with Crippen LogP contribution in [-0.2, 0) is 6.54 Å². The van der Waals surface area contributed by atoms with Crippen LogP contribution >= 0.6 is 11.5 Å². The summed E-state index contributed by atoms with van der Waals surface area (Å²) in [5.41, 5.74) is 7.56. The minimum Gasteiger partial charge on any atom is -0.399 e. The Kier molecular flexibility index (Phi) is 2.82. The lowest BCUT2D eigenvalue weighted by molar-refractivity contribution is 1.10. The predicted molar refractivity (Wildman–Crippen MR) is 62.8 cm³/mol. The van der Waals surface area contributed by atoms with Crippen LogP contribution in [-0.4, -0.2) is 9.36 Å². The van der Waals surface area contributed by atoms with Crippen molar-refractivity contribution < 1.29 is 0 Å². The van der Waals surface area contributed by atoms with Crippen LogP contribution in [0.3, 0.4) is 0 Å². The predicted octanol–water partition coefficient (Wildman–Crippen LogP) is 2.04. The first-order valence-electron chi connectivity index (χ1n) is 4.62. The van der Waals surface area contributed by atoms with E-state index in [9.17, 15) is 0 Å². The zero-order valence-electron chi connectivity index (χ0n) is 8.40. The molecule has 0 aliphatic carbocycles. The molecule has 3 N–H and O–H groups in total. The number of nitrogens with one attached hydrogen (secondary N) is 1. The summed E-state index contributed by atoms with van der Waals surface area (Å²) in [5, 5.41) is 4.06. The number of nitrogens with two attached hydrogens (primary N) is 1. The molecule has 0 fully saturated rings. The highest BCUT2D eigenvalue weighted by molar-refractivity contribution is 7.09. The highest BCUT2D eigenvalue weighted by Crippen LogP contribution is 2.12. The standard InChI is InChI=1S/C10H12N4S/c1-7-13-10(15-14-7)12-6-8-2-4-9(11)5-3-8/h2-5H,6,11H2,1H3,(H,12,13,14). The van der Waals surface area contributed by atoms with Crippen molar-refractivity contribution in [3.05, 3.63) is 35.7 Å². The van der Waals surface area contributed by atoms with Crippen molar-refractivity contribution >= 4 is 22.4 Å². The second-order valence-corrected chi connectivity index (χ2v) is 3.99. The molecule has 0 saturated carbocycles. The van der Waals surface area contributed by atoms with Crippen LogP contribution in [0, 0.1) is 6.92 Å². The molecular weight excluding hydrogens is 208 g/mol. The van der Waals surface area contributed by atoms with E-state index in [2.05, 4.69) is 14.7 Å². The molecule has 1 heterocycles. The smallest absolute Gasteiger partial charge is 0.202 e. The molecule has 0 radical (unpaired) electrons. The highest BCUT2D eigenvalue weighted by atomic mass is 32.1. The molecule has 1 aromatic carbocycles. The van der Waals surface area contributed by atoms with E-state index in [0.717, 1.165) is 23.2 Å². The number of hydrogen-bond donors (Lipinski definition) is 2. The van der Waals surface area contributed by atoms with Gasteiger partial charge in [0.2, 0.25) is 5.13 Å². The second-order valence-electron chi connectivity index (χ2n) is 3.24. The average molecular weight is 220 g/mol. The van der Waals surface area contributed by atoms with Crippen molar-refractivity contribution in [1.82, 2.24) is 9.36 Å². The summed E-state index contributed by atoms with van der Waals surface area (Å²) in [6, 6.07) is 7.77. The fourth-order valence-corrected chi connectivity index (χ4v) is 1.75. The number of hydrogen-bond acceptors (Lipinski definition) is 5. The SMILES string of the molecule is Cc1nsc(NCc2ccc(N)cc2)n1. The first kappa shape index (κ1) is 9.92. The molecule has 2 aromatic rings. The Morgan fingerprint density at radius 2 is 2.07 bits per heavy atom. The highest BCUT2D eigenvalue weighted by Gasteiger charge is 1.98. The van der Waals surface area contributed by atoms with Crippen LogP contribution in [0.4, 0.5) is 10.8 Å². The molecule has 0 spiro atoms. The van der Waals surface area contributed by atoms with E-state index < -0.39 is 0 Å². The summed E-state index contributed by atoms with van der Waals surface area (Å²) in [5.74, 6) is 0.805. The lowest BCUT2D eigenvalue weighted by atomic mass is 10.2. The van der Waals surface area contributed by atoms with Crippen LogP contribution < -0.4 is 11.1 Å². The molecule has 0 amide bonds. The number of benzene rings is 1. The minimum absolute atomic E-state index is 0.745. The fraction of sp³-hybridized carbons (Fsp3) is 0.200. The van der Waals surface area contributed by atoms with E-state index in [-0.39, 0.29) is 0 Å². The number of aromatic nitrogens is 2. The Hall–Kier alpha value is -1.62. The van der Waals surface area contributed by atoms with Gasteiger partial charge in [0, 0.05) is 23.8 Å². The quantitative estimate of drug-likeness (QED) is 0.777. The summed E-state index contributed by atoms with van der Waals surface area (Å²) < 4.78 is 4.09. The third kappa shape index (κ3) is 2.66. The third-order valence-electron chi connectivity index (χ3n) is 1.95. The monoisotopic (exact) mass is 220 g/mol. The summed E-state index contributed by atoms with van der Waals surface area (Å²) in [6.45, 7) is 2.62. The maximum Gasteiger partial charge on any atom is 0.202 e. The van der Waals surface area contributed by atoms with Crippen LogP contribution in [0.2, 0.25) is 0 Å². The van der Waals surface area contributed by atoms with Crippen molar-refractivity contribution in [3.8, 4) is 0 Å². The van der Waals surface area contributed by atoms with E-state index in [1.54, 1.807) is 0 Å². The first-order chi connectivity index (χ1) is 7.24. The number of rotatable bonds is 3. The third-order valence-corrected chi connectivity index (χ3v) is 2.72. The minimum atomic E-state index is 0.745. The zero-order valence-corrected chi connectivity index (χ0v) is 9.21. The van der Waals surface area contributed by atoms with Crippen LogP contribution in [0.25, 0.3) is 0 Å². The molecule has 78 valence electrons. The van der Waals surface area contributed by atoms with Crippen LogP contribution in [0.1, 0.15) is 11.4 Å². The maximum absolute atomic E-state index is 5.60. The Labute approximate surface area is 92.3 Å². The molecule has 0 aliphatic heterocycles. The van der Waals surface area contributed by atoms with Crippen molar-refractivity contribution in [2.45, 2.75) is 13.5 Å². The Bertz CT molecular complexity index is 435. The molecule has 0 saturated heterocycles. The zero-order chi connectivity index (χ0) is 10.7. The van der Waals surface area contributed by atoms with Gasteiger partial charge in [0.15, 0.2) is 0 Å². The molecule has 15 heavy (non-hydrogen) atoms. The average Bonchev–Trinajstić information content (AvgIpc) is 2.64. The van der Waals surface area contributed by atoms with Crippen molar-refractivity contribution in [3.63, 3.8) is 0 Å². The van der Waals surface area contributed by atoms with Crippen molar-refractivity contribution in [2.75, 3.05) is 11.1 Å². The molecule has 0 atom stereocenters. The van der Waals surface area contributed by atoms with Gasteiger partial charge >= 0.3 is 0 Å². The van der Waals surface area contributed by atoms with Gasteiger partial charge in [-0.1, -0.05) is 12.1 Å². The Balaban J connectivity index is 1.96. The van der Waals surface area contributed by atoms with Gasteiger partial charge < -0.3 is 11.1 Å². The molecule has 0 aliphatic rings. The van der Waals surface area contributed by atoms with Crippen LogP contribution in [0.15, 0.2) is 24.3 Å². The number of aryl methyl sites for hydroxylation is 1. The molecule has 0 bridgehead atoms. The van der Waals surface area contributed by atoms with E-state index in [0.29, 0.717) is 0 Å². The van der Waals surface area contributed by atoms with Gasteiger partial charge in [-0.25, -0.2) is 4.98 Å². The fourth-order valence-electron chi connectivity index (χ4n) is 1.18. The first-order valence-corrected chi connectivity index (χ1v) is 5.40. The lowest BCUT2D eigenvalue weighted by Gasteiger charge is -2.02. The van der Waals surface area contributed by atoms with Gasteiger partial charge in [-0.05, 0) is 24.6 Å². The van der Waals surface area contributed by atoms with E-state index >= 15 is 0 Å². The molecule has 4 nitrogen and oxygen atoms in total. The van der Waals surface area contributed by atoms with Gasteiger partial charge in [0.05, 0.1) is 0 Å². The molecule has 2 rings (SSSR count). The molecular formula is C10H12N4S. The van der Waals surface area contributed by atoms with Crippen molar-refractivity contribution in [1.29, 1.82) is 0 Å². The normalized spacial score (nSPS) is 10.2. The maximum atomic E-state index is 5.60. The number of nitrogens with zero attached hydrogens (tertiary/aromatic N) is 2. The van der Waals surface area contributed by atoms with Gasteiger partial charge in [0.1, 0.15) is 5.82 Å². The van der Waals surface area contributed by atoms with E-state index in [1.165, 1.54) is 17.1 Å². The number of nitrogen functional groups attached to an aromatic ring is 1. The Morgan fingerprint density at radius 3 is 2.67 bits per heavy atom.